The number of phenols is 2. The Morgan fingerprint density at radius 1 is 1.09 bits per heavy atom. The quantitative estimate of drug-likeness (QED) is 0.273. The van der Waals surface area contributed by atoms with Crippen LogP contribution >= 0.6 is 0 Å². The predicted molar refractivity (Wildman–Crippen MR) is 150 cm³/mol. The summed E-state index contributed by atoms with van der Waals surface area (Å²) in [7, 11) is 1.28. The molecule has 0 saturated carbocycles. The van der Waals surface area contributed by atoms with Crippen LogP contribution < -0.4 is 24.3 Å². The number of hydrogen-bond donors (Lipinski definition) is 3. The lowest BCUT2D eigenvalue weighted by atomic mass is 9.83. The minimum Gasteiger partial charge on any atom is -0.504 e. The van der Waals surface area contributed by atoms with Crippen molar-refractivity contribution >= 4 is 18.0 Å². The number of alkyl carbamates (subject to hydrolysis) is 1. The number of hydrogen-bond acceptors (Lipinski definition) is 11. The Morgan fingerprint density at radius 3 is 2.47 bits per heavy atom. The summed E-state index contributed by atoms with van der Waals surface area (Å²) in [5, 5.41) is 23.2. The Morgan fingerprint density at radius 2 is 1.79 bits per heavy atom. The summed E-state index contributed by atoms with van der Waals surface area (Å²) >= 11 is 0. The predicted octanol–water partition coefficient (Wildman–Crippen LogP) is 2.58. The largest absolute Gasteiger partial charge is 0.504 e. The van der Waals surface area contributed by atoms with Crippen molar-refractivity contribution in [3.05, 3.63) is 59.7 Å². The highest BCUT2D eigenvalue weighted by atomic mass is 16.7. The van der Waals surface area contributed by atoms with Crippen molar-refractivity contribution in [2.24, 2.45) is 0 Å². The lowest BCUT2D eigenvalue weighted by molar-refractivity contribution is -0.172. The first-order valence-electron chi connectivity index (χ1n) is 13.5. The molecular weight excluding hydrogens is 564 g/mol. The van der Waals surface area contributed by atoms with Crippen molar-refractivity contribution < 1.29 is 53.0 Å². The summed E-state index contributed by atoms with van der Waals surface area (Å²) in [5.74, 6) is -0.693. The Kier molecular flexibility index (Phi) is 8.24. The first kappa shape index (κ1) is 29.4. The highest BCUT2D eigenvalue weighted by molar-refractivity contribution is 5.92. The number of esters is 1. The summed E-state index contributed by atoms with van der Waals surface area (Å²) < 4.78 is 33.2. The number of rotatable bonds is 10. The number of aromatic hydroxyl groups is 2. The number of nitrogens with zero attached hydrogens (tertiary/aromatic N) is 1. The summed E-state index contributed by atoms with van der Waals surface area (Å²) in [6.45, 7) is 8.94. The molecule has 0 unspecified atom stereocenters. The number of cyclic esters (lactones) is 1. The first-order chi connectivity index (χ1) is 20.7. The fourth-order valence-corrected chi connectivity index (χ4v) is 5.73. The number of morpholine rings is 1. The van der Waals surface area contributed by atoms with E-state index < -0.39 is 36.1 Å². The molecule has 13 nitrogen and oxygen atoms in total. The summed E-state index contributed by atoms with van der Waals surface area (Å²) in [6, 6.07) is -0.516. The van der Waals surface area contributed by atoms with Gasteiger partial charge in [-0.1, -0.05) is 25.3 Å². The molecule has 2 aromatic rings. The van der Waals surface area contributed by atoms with Gasteiger partial charge in [-0.3, -0.25) is 4.79 Å². The number of phenolic OH excluding ortho intramolecular Hbond substituents is 2. The van der Waals surface area contributed by atoms with Gasteiger partial charge in [0.05, 0.1) is 13.2 Å². The first-order valence-corrected chi connectivity index (χ1v) is 13.5. The number of carbonyl (C=O) groups excluding carboxylic acids is 3. The fourth-order valence-electron chi connectivity index (χ4n) is 5.73. The summed E-state index contributed by atoms with van der Waals surface area (Å²) in [4.78, 5) is 41.5. The van der Waals surface area contributed by atoms with Crippen LogP contribution in [0.4, 0.5) is 4.79 Å². The second-order valence-electron chi connectivity index (χ2n) is 10.1. The topological polar surface area (TPSA) is 162 Å². The number of fused-ring (bicyclic) bond motifs is 6. The van der Waals surface area contributed by atoms with Crippen LogP contribution in [0.5, 0.6) is 34.5 Å². The molecule has 5 rings (SSSR count). The molecule has 2 aromatic carbocycles. The van der Waals surface area contributed by atoms with Gasteiger partial charge in [-0.15, -0.1) is 0 Å². The standard InChI is InChI=1S/C30H32N2O11/c1-5-7-39-24-15(3)25-27(43-14-42-25)23-17(24)12-19-29(36)41-13-20(23)32(19)28(35)18(31-30(37)40-8-6-2)9-16-10-21(33)26(38-4)22(34)11-16/h5-6,10-11,18-20,33-34H,1-2,7-9,12-14H2,3-4H3,(H,31,37)/t18-,19-,20-/m0/s1. The third kappa shape index (κ3) is 5.33. The van der Waals surface area contributed by atoms with E-state index in [0.29, 0.717) is 39.5 Å². The lowest BCUT2D eigenvalue weighted by Gasteiger charge is -2.46. The van der Waals surface area contributed by atoms with E-state index in [0.717, 1.165) is 0 Å². The van der Waals surface area contributed by atoms with Crippen LogP contribution in [0.15, 0.2) is 37.4 Å². The van der Waals surface area contributed by atoms with E-state index in [-0.39, 0.29) is 56.7 Å². The second kappa shape index (κ2) is 12.0. The van der Waals surface area contributed by atoms with Crippen molar-refractivity contribution in [1.29, 1.82) is 0 Å². The van der Waals surface area contributed by atoms with E-state index in [9.17, 15) is 24.6 Å². The Hall–Kier alpha value is -5.07. The number of methoxy groups -OCH3 is 1. The van der Waals surface area contributed by atoms with E-state index in [1.54, 1.807) is 6.08 Å². The zero-order chi connectivity index (χ0) is 30.8. The van der Waals surface area contributed by atoms with Crippen molar-refractivity contribution in [3.63, 3.8) is 0 Å². The van der Waals surface area contributed by atoms with Gasteiger partial charge in [0.1, 0.15) is 37.7 Å². The number of amides is 2. The average Bonchev–Trinajstić information content (AvgIpc) is 3.47. The van der Waals surface area contributed by atoms with Crippen LogP contribution in [0.1, 0.15) is 28.3 Å². The number of ether oxygens (including phenoxy) is 6. The molecule has 43 heavy (non-hydrogen) atoms. The van der Waals surface area contributed by atoms with Crippen LogP contribution in [-0.2, 0) is 31.9 Å². The normalized spacial score (nSPS) is 18.6. The molecular formula is C30H32N2O11. The molecule has 2 amide bonds. The SMILES string of the molecule is C=CCOC(=O)N[C@@H](Cc1cc(O)c(OC)c(O)c1)C(=O)N1[C@H]2Cc3c(OCC=C)c(C)c4c(c3[C@@H]1COC2=O)OCO4. The molecule has 1 fully saturated rings. The molecule has 0 spiro atoms. The molecule has 228 valence electrons. The van der Waals surface area contributed by atoms with E-state index in [4.69, 9.17) is 28.4 Å². The van der Waals surface area contributed by atoms with Crippen LogP contribution in [0.2, 0.25) is 0 Å². The minimum atomic E-state index is -1.28. The Bertz CT molecular complexity index is 1460. The fraction of sp³-hybridized carbons (Fsp3) is 0.367. The van der Waals surface area contributed by atoms with Gasteiger partial charge in [-0.25, -0.2) is 9.59 Å². The molecule has 3 aliphatic heterocycles. The van der Waals surface area contributed by atoms with Gasteiger partial charge in [-0.2, -0.15) is 0 Å². The maximum Gasteiger partial charge on any atom is 0.408 e. The highest BCUT2D eigenvalue weighted by Gasteiger charge is 2.51. The van der Waals surface area contributed by atoms with Gasteiger partial charge in [0.2, 0.25) is 18.4 Å². The molecule has 3 N–H and O–H groups in total. The van der Waals surface area contributed by atoms with Gasteiger partial charge in [-0.05, 0) is 24.6 Å². The smallest absolute Gasteiger partial charge is 0.408 e. The molecule has 3 heterocycles. The monoisotopic (exact) mass is 596 g/mol. The van der Waals surface area contributed by atoms with Gasteiger partial charge in [0, 0.05) is 29.5 Å². The number of nitrogens with one attached hydrogen (secondary N) is 1. The van der Waals surface area contributed by atoms with Gasteiger partial charge in [0.25, 0.3) is 0 Å². The van der Waals surface area contributed by atoms with Gasteiger partial charge in [0.15, 0.2) is 23.0 Å². The van der Waals surface area contributed by atoms with Crippen molar-refractivity contribution in [2.75, 3.05) is 33.7 Å². The van der Waals surface area contributed by atoms with Gasteiger partial charge >= 0.3 is 12.1 Å². The van der Waals surface area contributed by atoms with E-state index >= 15 is 0 Å². The molecule has 1 saturated heterocycles. The zero-order valence-electron chi connectivity index (χ0n) is 23.7. The Balaban J connectivity index is 1.57. The maximum absolute atomic E-state index is 14.4. The molecule has 13 heteroatoms. The molecule has 2 bridgehead atoms. The average molecular weight is 597 g/mol. The van der Waals surface area contributed by atoms with Crippen molar-refractivity contribution in [1.82, 2.24) is 10.2 Å². The third-order valence-corrected chi connectivity index (χ3v) is 7.47. The van der Waals surface area contributed by atoms with Gasteiger partial charge < -0.3 is 48.9 Å². The van der Waals surface area contributed by atoms with Crippen LogP contribution in [0.25, 0.3) is 0 Å². The zero-order valence-corrected chi connectivity index (χ0v) is 23.7. The van der Waals surface area contributed by atoms with E-state index in [1.807, 2.05) is 6.92 Å². The molecule has 3 aliphatic rings. The maximum atomic E-state index is 14.4. The summed E-state index contributed by atoms with van der Waals surface area (Å²) in [5.41, 5.74) is 2.28. The third-order valence-electron chi connectivity index (χ3n) is 7.47. The Labute approximate surface area is 247 Å². The second-order valence-corrected chi connectivity index (χ2v) is 10.1. The minimum absolute atomic E-state index is 0.0405. The lowest BCUT2D eigenvalue weighted by Crippen LogP contribution is -2.61. The van der Waals surface area contributed by atoms with Crippen LogP contribution in [0.3, 0.4) is 0 Å². The van der Waals surface area contributed by atoms with E-state index in [2.05, 4.69) is 18.5 Å². The number of carbonyl (C=O) groups is 3. The van der Waals surface area contributed by atoms with E-state index in [1.165, 1.54) is 30.2 Å². The molecule has 0 aromatic heterocycles. The van der Waals surface area contributed by atoms with Crippen molar-refractivity contribution in [3.8, 4) is 34.5 Å². The molecule has 0 radical (unpaired) electrons. The van der Waals surface area contributed by atoms with Crippen LogP contribution in [-0.4, -0.2) is 78.9 Å². The number of benzene rings is 2. The molecule has 0 aliphatic carbocycles. The van der Waals surface area contributed by atoms with Crippen LogP contribution in [0, 0.1) is 6.92 Å². The van der Waals surface area contributed by atoms with Crippen molar-refractivity contribution in [2.45, 2.75) is 37.9 Å². The highest BCUT2D eigenvalue weighted by Crippen LogP contribution is 2.53. The summed E-state index contributed by atoms with van der Waals surface area (Å²) in [6.07, 6.45) is 1.94. The molecule has 3 atom stereocenters.